The second-order valence-corrected chi connectivity index (χ2v) is 5.37. The molecule has 0 atom stereocenters. The lowest BCUT2D eigenvalue weighted by molar-refractivity contribution is 1.16. The zero-order valence-electron chi connectivity index (χ0n) is 11.7. The van der Waals surface area contributed by atoms with Gasteiger partial charge in [0.05, 0.1) is 5.69 Å². The zero-order chi connectivity index (χ0) is 15.4. The predicted molar refractivity (Wildman–Crippen MR) is 89.4 cm³/mol. The molecule has 0 radical (unpaired) electrons. The van der Waals surface area contributed by atoms with Gasteiger partial charge in [0.25, 0.3) is 0 Å². The van der Waals surface area contributed by atoms with Gasteiger partial charge in [-0.15, -0.1) is 4.91 Å². The SMILES string of the molecule is O=Nc1cccc(-c2cc(Cc3ccccc3)cc(Cl)n2)c1. The maximum Gasteiger partial charge on any atom is 0.130 e. The maximum atomic E-state index is 10.7. The van der Waals surface area contributed by atoms with E-state index >= 15 is 0 Å². The summed E-state index contributed by atoms with van der Waals surface area (Å²) in [5, 5.41) is 3.40. The minimum absolute atomic E-state index is 0.379. The van der Waals surface area contributed by atoms with Crippen molar-refractivity contribution in [3.05, 3.63) is 87.9 Å². The fraction of sp³-hybridized carbons (Fsp3) is 0.0556. The van der Waals surface area contributed by atoms with Crippen LogP contribution in [0.1, 0.15) is 11.1 Å². The summed E-state index contributed by atoms with van der Waals surface area (Å²) in [5.41, 5.74) is 4.23. The van der Waals surface area contributed by atoms with E-state index in [1.165, 1.54) is 5.56 Å². The molecule has 0 aliphatic rings. The topological polar surface area (TPSA) is 42.3 Å². The molecule has 2 aromatic carbocycles. The van der Waals surface area contributed by atoms with E-state index in [4.69, 9.17) is 11.6 Å². The van der Waals surface area contributed by atoms with Crippen LogP contribution in [0.5, 0.6) is 0 Å². The van der Waals surface area contributed by atoms with E-state index in [2.05, 4.69) is 22.3 Å². The molecule has 22 heavy (non-hydrogen) atoms. The third kappa shape index (κ3) is 3.38. The van der Waals surface area contributed by atoms with Gasteiger partial charge in [0, 0.05) is 5.56 Å². The van der Waals surface area contributed by atoms with Gasteiger partial charge in [-0.25, -0.2) is 4.98 Å². The van der Waals surface area contributed by atoms with Crippen LogP contribution in [0.15, 0.2) is 71.9 Å². The van der Waals surface area contributed by atoms with E-state index in [9.17, 15) is 4.91 Å². The number of nitrogens with zero attached hydrogens (tertiary/aromatic N) is 2. The lowest BCUT2D eigenvalue weighted by Crippen LogP contribution is -1.92. The van der Waals surface area contributed by atoms with Crippen LogP contribution in [0.25, 0.3) is 11.3 Å². The highest BCUT2D eigenvalue weighted by molar-refractivity contribution is 6.29. The summed E-state index contributed by atoms with van der Waals surface area (Å²) in [7, 11) is 0. The number of aromatic nitrogens is 1. The molecule has 0 unspecified atom stereocenters. The van der Waals surface area contributed by atoms with Crippen LogP contribution in [0.4, 0.5) is 5.69 Å². The second-order valence-electron chi connectivity index (χ2n) is 4.99. The van der Waals surface area contributed by atoms with Gasteiger partial charge in [0.1, 0.15) is 10.8 Å². The molecule has 3 nitrogen and oxygen atoms in total. The summed E-state index contributed by atoms with van der Waals surface area (Å²) < 4.78 is 0. The Balaban J connectivity index is 1.97. The van der Waals surface area contributed by atoms with Gasteiger partial charge in [0.2, 0.25) is 0 Å². The Kier molecular flexibility index (Phi) is 4.26. The first-order valence-corrected chi connectivity index (χ1v) is 7.26. The Morgan fingerprint density at radius 2 is 1.73 bits per heavy atom. The fourth-order valence-corrected chi connectivity index (χ4v) is 2.58. The van der Waals surface area contributed by atoms with Gasteiger partial charge in [-0.1, -0.05) is 54.1 Å². The Bertz CT molecular complexity index is 803. The molecule has 0 N–H and O–H groups in total. The van der Waals surface area contributed by atoms with Crippen LogP contribution in [0.2, 0.25) is 5.15 Å². The molecular formula is C18H13ClN2O. The number of hydrogen-bond donors (Lipinski definition) is 0. The van der Waals surface area contributed by atoms with Gasteiger partial charge >= 0.3 is 0 Å². The number of nitroso groups, excluding NO2 is 1. The molecule has 3 aromatic rings. The van der Waals surface area contributed by atoms with Crippen LogP contribution >= 0.6 is 11.6 Å². The zero-order valence-corrected chi connectivity index (χ0v) is 12.5. The van der Waals surface area contributed by atoms with Crippen LogP contribution in [0.3, 0.4) is 0 Å². The summed E-state index contributed by atoms with van der Waals surface area (Å²) in [6.45, 7) is 0. The van der Waals surface area contributed by atoms with E-state index in [1.807, 2.05) is 36.4 Å². The molecule has 108 valence electrons. The van der Waals surface area contributed by atoms with Crippen molar-refractivity contribution in [2.24, 2.45) is 5.18 Å². The van der Waals surface area contributed by atoms with Crippen molar-refractivity contribution in [1.82, 2.24) is 4.98 Å². The van der Waals surface area contributed by atoms with Crippen molar-refractivity contribution in [1.29, 1.82) is 0 Å². The Hall–Kier alpha value is -2.52. The van der Waals surface area contributed by atoms with Crippen LogP contribution in [-0.2, 0) is 6.42 Å². The lowest BCUT2D eigenvalue weighted by atomic mass is 10.0. The molecule has 4 heteroatoms. The molecule has 0 saturated carbocycles. The largest absolute Gasteiger partial charge is 0.236 e. The predicted octanol–water partition coefficient (Wildman–Crippen LogP) is 5.39. The standard InChI is InChI=1S/C18H13ClN2O/c19-18-11-14(9-13-5-2-1-3-6-13)10-17(20-18)15-7-4-8-16(12-15)21-22/h1-8,10-12H,9H2. The molecule has 0 amide bonds. The molecule has 0 spiro atoms. The number of rotatable bonds is 4. The normalized spacial score (nSPS) is 10.4. The van der Waals surface area contributed by atoms with Crippen LogP contribution in [-0.4, -0.2) is 4.98 Å². The lowest BCUT2D eigenvalue weighted by Gasteiger charge is -2.07. The molecule has 0 aliphatic carbocycles. The Labute approximate surface area is 133 Å². The third-order valence-corrected chi connectivity index (χ3v) is 3.55. The first-order valence-electron chi connectivity index (χ1n) is 6.89. The summed E-state index contributed by atoms with van der Waals surface area (Å²) in [5.74, 6) is 0. The maximum absolute atomic E-state index is 10.7. The highest BCUT2D eigenvalue weighted by Gasteiger charge is 2.06. The van der Waals surface area contributed by atoms with Crippen molar-refractivity contribution in [3.8, 4) is 11.3 Å². The first kappa shape index (κ1) is 14.4. The molecule has 1 heterocycles. The van der Waals surface area contributed by atoms with Gasteiger partial charge in [-0.05, 0) is 47.0 Å². The highest BCUT2D eigenvalue weighted by atomic mass is 35.5. The number of benzene rings is 2. The summed E-state index contributed by atoms with van der Waals surface area (Å²) in [6, 6.07) is 21.1. The molecule has 1 aromatic heterocycles. The Morgan fingerprint density at radius 1 is 0.909 bits per heavy atom. The van der Waals surface area contributed by atoms with E-state index < -0.39 is 0 Å². The van der Waals surface area contributed by atoms with E-state index in [-0.39, 0.29) is 0 Å². The molecule has 3 rings (SSSR count). The summed E-state index contributed by atoms with van der Waals surface area (Å²) in [4.78, 5) is 15.0. The average molecular weight is 309 g/mol. The van der Waals surface area contributed by atoms with Gasteiger partial charge < -0.3 is 0 Å². The second kappa shape index (κ2) is 6.50. The number of halogens is 1. The smallest absolute Gasteiger partial charge is 0.130 e. The van der Waals surface area contributed by atoms with Crippen molar-refractivity contribution in [2.45, 2.75) is 6.42 Å². The molecule has 0 fully saturated rings. The quantitative estimate of drug-likeness (QED) is 0.479. The summed E-state index contributed by atoms with van der Waals surface area (Å²) >= 11 is 6.14. The highest BCUT2D eigenvalue weighted by Crippen LogP contribution is 2.26. The van der Waals surface area contributed by atoms with Crippen LogP contribution in [0, 0.1) is 4.91 Å². The monoisotopic (exact) mass is 308 g/mol. The Morgan fingerprint density at radius 3 is 2.50 bits per heavy atom. The fourth-order valence-electron chi connectivity index (χ4n) is 2.35. The van der Waals surface area contributed by atoms with Crippen molar-refractivity contribution >= 4 is 17.3 Å². The average Bonchev–Trinajstić information content (AvgIpc) is 2.55. The van der Waals surface area contributed by atoms with Gasteiger partial charge in [-0.3, -0.25) is 0 Å². The van der Waals surface area contributed by atoms with Gasteiger partial charge in [0.15, 0.2) is 0 Å². The molecular weight excluding hydrogens is 296 g/mol. The van der Waals surface area contributed by atoms with E-state index in [0.29, 0.717) is 10.8 Å². The van der Waals surface area contributed by atoms with Crippen molar-refractivity contribution in [2.75, 3.05) is 0 Å². The molecule has 0 aliphatic heterocycles. The van der Waals surface area contributed by atoms with Crippen molar-refractivity contribution < 1.29 is 0 Å². The minimum Gasteiger partial charge on any atom is -0.236 e. The van der Waals surface area contributed by atoms with E-state index in [0.717, 1.165) is 23.2 Å². The van der Waals surface area contributed by atoms with Crippen LogP contribution < -0.4 is 0 Å². The van der Waals surface area contributed by atoms with E-state index in [1.54, 1.807) is 18.2 Å². The minimum atomic E-state index is 0.379. The number of pyridine rings is 1. The third-order valence-electron chi connectivity index (χ3n) is 3.35. The first-order chi connectivity index (χ1) is 10.7. The molecule has 0 bridgehead atoms. The summed E-state index contributed by atoms with van der Waals surface area (Å²) in [6.07, 6.45) is 0.779. The molecule has 0 saturated heterocycles. The number of hydrogen-bond acceptors (Lipinski definition) is 3. The van der Waals surface area contributed by atoms with Gasteiger partial charge in [-0.2, -0.15) is 0 Å². The van der Waals surface area contributed by atoms with Crippen molar-refractivity contribution in [3.63, 3.8) is 0 Å².